The predicted molar refractivity (Wildman–Crippen MR) is 71.0 cm³/mol. The predicted octanol–water partition coefficient (Wildman–Crippen LogP) is 1.98. The normalized spacial score (nSPS) is 29.4. The number of ether oxygens (including phenoxy) is 1. The molecule has 106 valence electrons. The first-order valence-electron chi connectivity index (χ1n) is 7.31. The number of aryl methyl sites for hydroxylation is 1. The van der Waals surface area contributed by atoms with E-state index in [1.54, 1.807) is 7.11 Å². The third kappa shape index (κ3) is 2.67. The number of nitrogens with zero attached hydrogens (tertiary/aromatic N) is 3. The first-order valence-corrected chi connectivity index (χ1v) is 7.31. The largest absolute Gasteiger partial charge is 0.384 e. The third-order valence-corrected chi connectivity index (χ3v) is 4.55. The summed E-state index contributed by atoms with van der Waals surface area (Å²) >= 11 is 0. The fourth-order valence-electron chi connectivity index (χ4n) is 3.60. The van der Waals surface area contributed by atoms with Crippen molar-refractivity contribution in [1.29, 1.82) is 0 Å². The summed E-state index contributed by atoms with van der Waals surface area (Å²) in [5, 5.41) is 3.93. The molecule has 1 aromatic heterocycles. The monoisotopic (exact) mass is 265 g/mol. The lowest BCUT2D eigenvalue weighted by Crippen LogP contribution is -2.31. The lowest BCUT2D eigenvalue weighted by atomic mass is 9.97. The summed E-state index contributed by atoms with van der Waals surface area (Å²) in [7, 11) is 1.77. The van der Waals surface area contributed by atoms with Gasteiger partial charge in [-0.1, -0.05) is 18.0 Å². The van der Waals surface area contributed by atoms with Gasteiger partial charge in [0.15, 0.2) is 5.82 Å². The molecule has 0 radical (unpaired) electrons. The maximum absolute atomic E-state index is 5.39. The minimum Gasteiger partial charge on any atom is -0.384 e. The van der Waals surface area contributed by atoms with E-state index in [-0.39, 0.29) is 0 Å². The van der Waals surface area contributed by atoms with Crippen molar-refractivity contribution in [3.8, 4) is 0 Å². The van der Waals surface area contributed by atoms with Gasteiger partial charge in [0.05, 0.1) is 12.5 Å². The van der Waals surface area contributed by atoms with Crippen LogP contribution in [0.25, 0.3) is 0 Å². The van der Waals surface area contributed by atoms with Crippen molar-refractivity contribution < 1.29 is 9.26 Å². The Kier molecular flexibility index (Phi) is 3.84. The first kappa shape index (κ1) is 13.1. The molecule has 3 rings (SSSR count). The highest BCUT2D eigenvalue weighted by Gasteiger charge is 2.40. The number of rotatable bonds is 4. The molecule has 2 heterocycles. The van der Waals surface area contributed by atoms with Gasteiger partial charge in [-0.05, 0) is 19.8 Å². The maximum Gasteiger partial charge on any atom is 0.231 e. The van der Waals surface area contributed by atoms with Gasteiger partial charge in [0.2, 0.25) is 5.89 Å². The van der Waals surface area contributed by atoms with E-state index in [4.69, 9.17) is 9.26 Å². The minimum absolute atomic E-state index is 0.335. The van der Waals surface area contributed by atoms with Crippen LogP contribution in [0.1, 0.15) is 43.3 Å². The number of likely N-dealkylation sites (tertiary alicyclic amines) is 1. The van der Waals surface area contributed by atoms with Gasteiger partial charge in [-0.2, -0.15) is 4.98 Å². The second kappa shape index (κ2) is 5.59. The second-order valence-corrected chi connectivity index (χ2v) is 5.89. The summed E-state index contributed by atoms with van der Waals surface area (Å²) in [5.41, 5.74) is 0. The average molecular weight is 265 g/mol. The molecule has 0 aromatic carbocycles. The van der Waals surface area contributed by atoms with Gasteiger partial charge in [-0.3, -0.25) is 4.90 Å². The fraction of sp³-hybridized carbons (Fsp3) is 0.857. The Morgan fingerprint density at radius 3 is 2.74 bits per heavy atom. The van der Waals surface area contributed by atoms with Gasteiger partial charge < -0.3 is 9.26 Å². The Hall–Kier alpha value is -0.940. The Morgan fingerprint density at radius 2 is 2.11 bits per heavy atom. The molecule has 0 spiro atoms. The highest BCUT2D eigenvalue weighted by Crippen LogP contribution is 2.36. The van der Waals surface area contributed by atoms with Crippen molar-refractivity contribution in [1.82, 2.24) is 15.0 Å². The van der Waals surface area contributed by atoms with Crippen molar-refractivity contribution in [3.63, 3.8) is 0 Å². The summed E-state index contributed by atoms with van der Waals surface area (Å²) in [4.78, 5) is 7.04. The third-order valence-electron chi connectivity index (χ3n) is 4.55. The van der Waals surface area contributed by atoms with Gasteiger partial charge in [0.1, 0.15) is 0 Å². The summed E-state index contributed by atoms with van der Waals surface area (Å²) in [6.45, 7) is 4.79. The molecule has 0 amide bonds. The first-order chi connectivity index (χ1) is 9.28. The molecule has 5 nitrogen and oxygen atoms in total. The van der Waals surface area contributed by atoms with Crippen LogP contribution in [0.3, 0.4) is 0 Å². The van der Waals surface area contributed by atoms with Crippen LogP contribution in [0, 0.1) is 12.8 Å². The van der Waals surface area contributed by atoms with Crippen LogP contribution < -0.4 is 0 Å². The van der Waals surface area contributed by atoms with Crippen LogP contribution in [0.4, 0.5) is 0 Å². The Balaban J connectivity index is 1.73. The molecule has 2 atom stereocenters. The molecule has 2 fully saturated rings. The molecule has 0 bridgehead atoms. The quantitative estimate of drug-likeness (QED) is 0.833. The van der Waals surface area contributed by atoms with Crippen molar-refractivity contribution in [2.75, 3.05) is 26.8 Å². The smallest absolute Gasteiger partial charge is 0.231 e. The van der Waals surface area contributed by atoms with E-state index < -0.39 is 0 Å². The average Bonchev–Trinajstić information content (AvgIpc) is 3.08. The molecule has 1 saturated heterocycles. The summed E-state index contributed by atoms with van der Waals surface area (Å²) < 4.78 is 10.8. The number of hydrogen-bond acceptors (Lipinski definition) is 5. The minimum atomic E-state index is 0.335. The SMILES string of the molecule is COCC1CN(C2CCCC2)CC1c1nc(C)no1. The van der Waals surface area contributed by atoms with E-state index in [1.165, 1.54) is 25.7 Å². The Morgan fingerprint density at radius 1 is 1.32 bits per heavy atom. The van der Waals surface area contributed by atoms with Gasteiger partial charge in [0.25, 0.3) is 0 Å². The molecule has 1 aliphatic heterocycles. The van der Waals surface area contributed by atoms with Crippen LogP contribution in [0.15, 0.2) is 4.52 Å². The molecule has 5 heteroatoms. The van der Waals surface area contributed by atoms with Gasteiger partial charge in [-0.15, -0.1) is 0 Å². The standard InChI is InChI=1S/C14H23N3O2/c1-10-15-14(19-16-10)13-8-17(7-11(13)9-18-2)12-5-3-4-6-12/h11-13H,3-9H2,1-2H3. The van der Waals surface area contributed by atoms with Crippen LogP contribution in [0.5, 0.6) is 0 Å². The van der Waals surface area contributed by atoms with E-state index in [1.807, 2.05) is 6.92 Å². The molecule has 0 N–H and O–H groups in total. The van der Waals surface area contributed by atoms with Crippen LogP contribution in [-0.2, 0) is 4.74 Å². The number of hydrogen-bond donors (Lipinski definition) is 0. The Bertz CT molecular complexity index is 415. The lowest BCUT2D eigenvalue weighted by Gasteiger charge is -2.23. The van der Waals surface area contributed by atoms with Crippen molar-refractivity contribution in [2.45, 2.75) is 44.6 Å². The molecular formula is C14H23N3O2. The lowest BCUT2D eigenvalue weighted by molar-refractivity contribution is 0.139. The zero-order chi connectivity index (χ0) is 13.2. The van der Waals surface area contributed by atoms with Crippen LogP contribution in [-0.4, -0.2) is 47.9 Å². The molecule has 2 aliphatic rings. The molecule has 1 aliphatic carbocycles. The van der Waals surface area contributed by atoms with Gasteiger partial charge in [-0.25, -0.2) is 0 Å². The molecule has 2 unspecified atom stereocenters. The van der Waals surface area contributed by atoms with E-state index in [2.05, 4.69) is 15.0 Å². The van der Waals surface area contributed by atoms with Crippen molar-refractivity contribution in [3.05, 3.63) is 11.7 Å². The number of methoxy groups -OCH3 is 1. The van der Waals surface area contributed by atoms with Gasteiger partial charge >= 0.3 is 0 Å². The zero-order valence-electron chi connectivity index (χ0n) is 11.8. The molecule has 1 saturated carbocycles. The van der Waals surface area contributed by atoms with E-state index >= 15 is 0 Å². The van der Waals surface area contributed by atoms with E-state index in [0.717, 1.165) is 37.5 Å². The van der Waals surface area contributed by atoms with Gasteiger partial charge in [0, 0.05) is 32.2 Å². The van der Waals surface area contributed by atoms with Crippen molar-refractivity contribution in [2.24, 2.45) is 5.92 Å². The van der Waals surface area contributed by atoms with E-state index in [9.17, 15) is 0 Å². The molecule has 1 aromatic rings. The van der Waals surface area contributed by atoms with E-state index in [0.29, 0.717) is 11.8 Å². The highest BCUT2D eigenvalue weighted by molar-refractivity contribution is 5.03. The summed E-state index contributed by atoms with van der Waals surface area (Å²) in [5.74, 6) is 2.33. The van der Waals surface area contributed by atoms with Crippen molar-refractivity contribution >= 4 is 0 Å². The van der Waals surface area contributed by atoms with Crippen LogP contribution >= 0.6 is 0 Å². The maximum atomic E-state index is 5.39. The summed E-state index contributed by atoms with van der Waals surface area (Å²) in [6.07, 6.45) is 5.44. The summed E-state index contributed by atoms with van der Waals surface area (Å²) in [6, 6.07) is 0.758. The topological polar surface area (TPSA) is 51.4 Å². The van der Waals surface area contributed by atoms with Crippen LogP contribution in [0.2, 0.25) is 0 Å². The fourth-order valence-corrected chi connectivity index (χ4v) is 3.60. The molecule has 19 heavy (non-hydrogen) atoms. The Labute approximate surface area is 114 Å². The molecular weight excluding hydrogens is 242 g/mol. The number of aromatic nitrogens is 2. The second-order valence-electron chi connectivity index (χ2n) is 5.89. The highest BCUT2D eigenvalue weighted by atomic mass is 16.5. The zero-order valence-corrected chi connectivity index (χ0v) is 11.8.